The summed E-state index contributed by atoms with van der Waals surface area (Å²) < 4.78 is 19.1. The van der Waals surface area contributed by atoms with Gasteiger partial charge in [0.15, 0.2) is 5.82 Å². The SMILES string of the molecule is O=C(NCc1nc(C2CCCCC2)no1)c1cc(-c2ccccc2F)n[nH]1. The topological polar surface area (TPSA) is 96.7 Å². The van der Waals surface area contributed by atoms with E-state index in [0.717, 1.165) is 18.7 Å². The number of rotatable bonds is 5. The average Bonchev–Trinajstić information content (AvgIpc) is 3.37. The van der Waals surface area contributed by atoms with Gasteiger partial charge in [-0.15, -0.1) is 0 Å². The lowest BCUT2D eigenvalue weighted by Gasteiger charge is -2.17. The molecule has 1 aliphatic rings. The molecule has 1 aromatic carbocycles. The van der Waals surface area contributed by atoms with Crippen LogP contribution in [0.4, 0.5) is 4.39 Å². The Morgan fingerprint density at radius 3 is 2.89 bits per heavy atom. The van der Waals surface area contributed by atoms with Gasteiger partial charge in [-0.05, 0) is 31.0 Å². The normalized spacial score (nSPS) is 15.0. The van der Waals surface area contributed by atoms with Crippen LogP contribution >= 0.6 is 0 Å². The number of nitrogens with zero attached hydrogens (tertiary/aromatic N) is 3. The van der Waals surface area contributed by atoms with Crippen molar-refractivity contribution in [1.29, 1.82) is 0 Å². The van der Waals surface area contributed by atoms with Crippen LogP contribution in [-0.2, 0) is 6.54 Å². The van der Waals surface area contributed by atoms with Crippen LogP contribution < -0.4 is 5.32 Å². The first-order valence-corrected chi connectivity index (χ1v) is 9.11. The number of aromatic amines is 1. The summed E-state index contributed by atoms with van der Waals surface area (Å²) in [4.78, 5) is 16.7. The van der Waals surface area contributed by atoms with Gasteiger partial charge in [-0.2, -0.15) is 10.1 Å². The lowest BCUT2D eigenvalue weighted by atomic mass is 9.89. The summed E-state index contributed by atoms with van der Waals surface area (Å²) in [5.41, 5.74) is 0.942. The third kappa shape index (κ3) is 3.89. The summed E-state index contributed by atoms with van der Waals surface area (Å²) in [5.74, 6) is 0.683. The monoisotopic (exact) mass is 369 g/mol. The Balaban J connectivity index is 1.37. The predicted octanol–water partition coefficient (Wildman–Crippen LogP) is 3.58. The molecular formula is C19H20FN5O2. The maximum atomic E-state index is 13.8. The Labute approximate surface area is 155 Å². The Morgan fingerprint density at radius 1 is 1.26 bits per heavy atom. The molecule has 0 atom stereocenters. The molecule has 0 radical (unpaired) electrons. The molecule has 140 valence electrons. The zero-order valence-electron chi connectivity index (χ0n) is 14.7. The van der Waals surface area contributed by atoms with E-state index in [4.69, 9.17) is 4.52 Å². The van der Waals surface area contributed by atoms with Crippen LogP contribution in [0.2, 0.25) is 0 Å². The van der Waals surface area contributed by atoms with E-state index in [1.807, 2.05) is 0 Å². The van der Waals surface area contributed by atoms with Crippen LogP contribution in [0.25, 0.3) is 11.3 Å². The Hall–Kier alpha value is -3.03. The second-order valence-electron chi connectivity index (χ2n) is 6.71. The zero-order chi connectivity index (χ0) is 18.6. The van der Waals surface area contributed by atoms with Gasteiger partial charge < -0.3 is 9.84 Å². The van der Waals surface area contributed by atoms with Crippen molar-refractivity contribution in [3.8, 4) is 11.3 Å². The Kier molecular flexibility index (Phi) is 4.95. The predicted molar refractivity (Wildman–Crippen MR) is 95.3 cm³/mol. The number of benzene rings is 1. The first kappa shape index (κ1) is 17.4. The molecule has 27 heavy (non-hydrogen) atoms. The maximum absolute atomic E-state index is 13.8. The van der Waals surface area contributed by atoms with Gasteiger partial charge in [0.1, 0.15) is 11.5 Å². The molecular weight excluding hydrogens is 349 g/mol. The van der Waals surface area contributed by atoms with E-state index in [1.165, 1.54) is 31.4 Å². The molecule has 1 amide bonds. The minimum Gasteiger partial charge on any atom is -0.342 e. The lowest BCUT2D eigenvalue weighted by Crippen LogP contribution is -2.23. The lowest BCUT2D eigenvalue weighted by molar-refractivity contribution is 0.0941. The molecule has 0 unspecified atom stereocenters. The van der Waals surface area contributed by atoms with E-state index >= 15 is 0 Å². The summed E-state index contributed by atoms with van der Waals surface area (Å²) >= 11 is 0. The number of nitrogens with one attached hydrogen (secondary N) is 2. The number of aromatic nitrogens is 4. The summed E-state index contributed by atoms with van der Waals surface area (Å²) in [6.45, 7) is 0.132. The first-order chi connectivity index (χ1) is 13.2. The van der Waals surface area contributed by atoms with Gasteiger partial charge in [-0.1, -0.05) is 36.6 Å². The average molecular weight is 369 g/mol. The summed E-state index contributed by atoms with van der Waals surface area (Å²) in [6.07, 6.45) is 5.80. The van der Waals surface area contributed by atoms with Crippen LogP contribution in [0, 0.1) is 5.82 Å². The highest BCUT2D eigenvalue weighted by molar-refractivity contribution is 5.93. The van der Waals surface area contributed by atoms with Crippen LogP contribution in [-0.4, -0.2) is 26.2 Å². The number of hydrogen-bond donors (Lipinski definition) is 2. The van der Waals surface area contributed by atoms with Crippen LogP contribution in [0.1, 0.15) is 60.2 Å². The minimum atomic E-state index is -0.392. The van der Waals surface area contributed by atoms with Gasteiger partial charge in [-0.25, -0.2) is 4.39 Å². The van der Waals surface area contributed by atoms with Crippen molar-refractivity contribution >= 4 is 5.91 Å². The fraction of sp³-hybridized carbons (Fsp3) is 0.368. The van der Waals surface area contributed by atoms with Gasteiger partial charge >= 0.3 is 0 Å². The molecule has 0 aliphatic heterocycles. The number of halogens is 1. The molecule has 8 heteroatoms. The Morgan fingerprint density at radius 2 is 2.07 bits per heavy atom. The number of amides is 1. The molecule has 0 saturated heterocycles. The highest BCUT2D eigenvalue weighted by Crippen LogP contribution is 2.30. The van der Waals surface area contributed by atoms with Crippen molar-refractivity contribution in [3.05, 3.63) is 53.6 Å². The quantitative estimate of drug-likeness (QED) is 0.716. The van der Waals surface area contributed by atoms with E-state index in [2.05, 4.69) is 25.7 Å². The molecule has 7 nitrogen and oxygen atoms in total. The van der Waals surface area contributed by atoms with Crippen LogP contribution in [0.5, 0.6) is 0 Å². The molecule has 3 aromatic rings. The van der Waals surface area contributed by atoms with E-state index in [-0.39, 0.29) is 18.1 Å². The fourth-order valence-electron chi connectivity index (χ4n) is 3.36. The van der Waals surface area contributed by atoms with E-state index in [1.54, 1.807) is 18.2 Å². The third-order valence-corrected chi connectivity index (χ3v) is 4.83. The van der Waals surface area contributed by atoms with Crippen molar-refractivity contribution in [2.24, 2.45) is 0 Å². The molecule has 4 rings (SSSR count). The molecule has 1 aliphatic carbocycles. The molecule has 1 saturated carbocycles. The molecule has 1 fully saturated rings. The zero-order valence-corrected chi connectivity index (χ0v) is 14.7. The van der Waals surface area contributed by atoms with Gasteiger partial charge in [0.2, 0.25) is 5.89 Å². The second kappa shape index (κ2) is 7.69. The standard InChI is InChI=1S/C19H20FN5O2/c20-14-9-5-4-8-13(14)15-10-16(24-23-15)19(26)21-11-17-22-18(25-27-17)12-6-2-1-3-7-12/h4-5,8-10,12H,1-3,6-7,11H2,(H,21,26)(H,23,24). The summed E-state index contributed by atoms with van der Waals surface area (Å²) in [7, 11) is 0. The number of carbonyl (C=O) groups is 1. The van der Waals surface area contributed by atoms with E-state index in [0.29, 0.717) is 23.1 Å². The Bertz CT molecular complexity index is 930. The summed E-state index contributed by atoms with van der Waals surface area (Å²) in [6, 6.07) is 7.79. The highest BCUT2D eigenvalue weighted by atomic mass is 19.1. The van der Waals surface area contributed by atoms with Crippen molar-refractivity contribution in [3.63, 3.8) is 0 Å². The number of carbonyl (C=O) groups excluding carboxylic acids is 1. The molecule has 2 aromatic heterocycles. The third-order valence-electron chi connectivity index (χ3n) is 4.83. The largest absolute Gasteiger partial charge is 0.342 e. The second-order valence-corrected chi connectivity index (χ2v) is 6.71. The number of H-pyrrole nitrogens is 1. The first-order valence-electron chi connectivity index (χ1n) is 9.11. The van der Waals surface area contributed by atoms with Crippen LogP contribution in [0.15, 0.2) is 34.9 Å². The van der Waals surface area contributed by atoms with Gasteiger partial charge in [0, 0.05) is 11.5 Å². The van der Waals surface area contributed by atoms with E-state index in [9.17, 15) is 9.18 Å². The van der Waals surface area contributed by atoms with Crippen molar-refractivity contribution in [1.82, 2.24) is 25.7 Å². The molecule has 0 spiro atoms. The van der Waals surface area contributed by atoms with Crippen LogP contribution in [0.3, 0.4) is 0 Å². The summed E-state index contributed by atoms with van der Waals surface area (Å²) in [5, 5.41) is 13.4. The molecule has 0 bridgehead atoms. The van der Waals surface area contributed by atoms with Crippen molar-refractivity contribution < 1.29 is 13.7 Å². The minimum absolute atomic E-state index is 0.132. The smallest absolute Gasteiger partial charge is 0.269 e. The van der Waals surface area contributed by atoms with Gasteiger partial charge in [0.05, 0.1) is 12.2 Å². The van der Waals surface area contributed by atoms with Crippen molar-refractivity contribution in [2.75, 3.05) is 0 Å². The van der Waals surface area contributed by atoms with E-state index < -0.39 is 5.82 Å². The molecule has 2 N–H and O–H groups in total. The van der Waals surface area contributed by atoms with Gasteiger partial charge in [-0.3, -0.25) is 9.89 Å². The highest BCUT2D eigenvalue weighted by Gasteiger charge is 2.21. The fourth-order valence-corrected chi connectivity index (χ4v) is 3.36. The number of hydrogen-bond acceptors (Lipinski definition) is 5. The van der Waals surface area contributed by atoms with Gasteiger partial charge in [0.25, 0.3) is 5.91 Å². The maximum Gasteiger partial charge on any atom is 0.269 e. The van der Waals surface area contributed by atoms with Crippen molar-refractivity contribution in [2.45, 2.75) is 44.6 Å². The molecule has 2 heterocycles.